The van der Waals surface area contributed by atoms with Crippen molar-refractivity contribution >= 4 is 29.9 Å². The molecule has 3 N–H and O–H groups in total. The third kappa shape index (κ3) is 3.19. The Hall–Kier alpha value is -0.970. The average Bonchev–Trinajstić information content (AvgIpc) is 3.15. The van der Waals surface area contributed by atoms with E-state index in [1.807, 2.05) is 12.1 Å². The van der Waals surface area contributed by atoms with Gasteiger partial charge in [0, 0.05) is 24.0 Å². The number of nitrogens with one attached hydrogen (secondary N) is 1. The fraction of sp³-hybridized carbons (Fsp3) is 0.500. The van der Waals surface area contributed by atoms with E-state index in [0.29, 0.717) is 23.9 Å². The normalized spacial score (nSPS) is 21.4. The highest BCUT2D eigenvalue weighted by molar-refractivity contribution is 6.30. The summed E-state index contributed by atoms with van der Waals surface area (Å²) in [5, 5.41) is 3.67. The van der Waals surface area contributed by atoms with Crippen molar-refractivity contribution in [3.8, 4) is 5.75 Å². The van der Waals surface area contributed by atoms with Gasteiger partial charge < -0.3 is 15.8 Å². The van der Waals surface area contributed by atoms with Crippen LogP contribution in [0.15, 0.2) is 18.2 Å². The Labute approximate surface area is 129 Å². The Kier molecular flexibility index (Phi) is 4.78. The molecule has 0 saturated heterocycles. The first-order chi connectivity index (χ1) is 9.17. The quantitative estimate of drug-likeness (QED) is 0.892. The fourth-order valence-corrected chi connectivity index (χ4v) is 2.70. The molecule has 3 rings (SSSR count). The van der Waals surface area contributed by atoms with Gasteiger partial charge in [-0.3, -0.25) is 4.79 Å². The van der Waals surface area contributed by atoms with Crippen LogP contribution >= 0.6 is 24.0 Å². The summed E-state index contributed by atoms with van der Waals surface area (Å²) in [5.74, 6) is 1.22. The number of amides is 1. The highest BCUT2D eigenvalue weighted by Crippen LogP contribution is 2.33. The summed E-state index contributed by atoms with van der Waals surface area (Å²) in [7, 11) is 0. The van der Waals surface area contributed by atoms with E-state index in [2.05, 4.69) is 5.32 Å². The summed E-state index contributed by atoms with van der Waals surface area (Å²) in [6.07, 6.45) is 2.43. The number of nitrogens with two attached hydrogens (primary N) is 1. The molecule has 1 fully saturated rings. The van der Waals surface area contributed by atoms with E-state index in [0.717, 1.165) is 24.2 Å². The molecule has 20 heavy (non-hydrogen) atoms. The van der Waals surface area contributed by atoms with E-state index in [-0.39, 0.29) is 24.4 Å². The van der Waals surface area contributed by atoms with Gasteiger partial charge in [-0.1, -0.05) is 11.6 Å². The molecule has 0 bridgehead atoms. The molecule has 2 aliphatic rings. The van der Waals surface area contributed by atoms with Gasteiger partial charge in [-0.2, -0.15) is 0 Å². The molecule has 1 saturated carbocycles. The molecule has 1 aliphatic heterocycles. The van der Waals surface area contributed by atoms with Crippen LogP contribution in [0.25, 0.3) is 0 Å². The van der Waals surface area contributed by atoms with Gasteiger partial charge in [0.1, 0.15) is 5.75 Å². The molecule has 6 heteroatoms. The Morgan fingerprint density at radius 2 is 2.25 bits per heavy atom. The van der Waals surface area contributed by atoms with Crippen molar-refractivity contribution in [3.63, 3.8) is 0 Å². The van der Waals surface area contributed by atoms with Crippen molar-refractivity contribution in [2.24, 2.45) is 11.7 Å². The van der Waals surface area contributed by atoms with Crippen LogP contribution in [0.3, 0.4) is 0 Å². The lowest BCUT2D eigenvalue weighted by Gasteiger charge is -2.18. The van der Waals surface area contributed by atoms with Crippen molar-refractivity contribution in [2.75, 3.05) is 6.54 Å². The SMILES string of the molecule is Cl.NCC(NC(=O)C1Cc2cc(Cl)ccc2O1)C1CC1. The molecule has 1 amide bonds. The minimum Gasteiger partial charge on any atom is -0.480 e. The molecule has 2 atom stereocenters. The van der Waals surface area contributed by atoms with E-state index in [4.69, 9.17) is 22.1 Å². The zero-order valence-corrected chi connectivity index (χ0v) is 12.5. The maximum atomic E-state index is 12.2. The van der Waals surface area contributed by atoms with E-state index in [1.165, 1.54) is 0 Å². The predicted molar refractivity (Wildman–Crippen MR) is 80.5 cm³/mol. The number of hydrogen-bond acceptors (Lipinski definition) is 3. The standard InChI is InChI=1S/C14H17ClN2O2.ClH/c15-10-3-4-12-9(5-10)6-13(19-12)14(18)17-11(7-16)8-1-2-8;/h3-5,8,11,13H,1-2,6-7,16H2,(H,17,18);1H. The predicted octanol–water partition coefficient (Wildman–Crippen LogP) is 1.92. The number of ether oxygens (including phenoxy) is 1. The third-order valence-electron chi connectivity index (χ3n) is 3.76. The van der Waals surface area contributed by atoms with Gasteiger partial charge in [0.05, 0.1) is 0 Å². The number of benzene rings is 1. The van der Waals surface area contributed by atoms with Crippen molar-refractivity contribution in [3.05, 3.63) is 28.8 Å². The second-order valence-electron chi connectivity index (χ2n) is 5.25. The maximum Gasteiger partial charge on any atom is 0.261 e. The lowest BCUT2D eigenvalue weighted by molar-refractivity contribution is -0.128. The number of hydrogen-bond donors (Lipinski definition) is 2. The topological polar surface area (TPSA) is 64.3 Å². The molecule has 1 aliphatic carbocycles. The van der Waals surface area contributed by atoms with Crippen molar-refractivity contribution in [1.82, 2.24) is 5.32 Å². The van der Waals surface area contributed by atoms with Gasteiger partial charge in [-0.25, -0.2) is 0 Å². The number of halogens is 2. The lowest BCUT2D eigenvalue weighted by Crippen LogP contribution is -2.47. The van der Waals surface area contributed by atoms with Crippen molar-refractivity contribution in [1.29, 1.82) is 0 Å². The first kappa shape index (κ1) is 15.4. The van der Waals surface area contributed by atoms with E-state index in [1.54, 1.807) is 6.07 Å². The number of carbonyl (C=O) groups excluding carboxylic acids is 1. The van der Waals surface area contributed by atoms with Crippen molar-refractivity contribution in [2.45, 2.75) is 31.4 Å². The number of rotatable bonds is 4. The summed E-state index contributed by atoms with van der Waals surface area (Å²) < 4.78 is 5.66. The van der Waals surface area contributed by atoms with Crippen LogP contribution in [-0.4, -0.2) is 24.6 Å². The number of carbonyl (C=O) groups is 1. The minimum absolute atomic E-state index is 0. The number of fused-ring (bicyclic) bond motifs is 1. The van der Waals surface area contributed by atoms with E-state index in [9.17, 15) is 4.79 Å². The van der Waals surface area contributed by atoms with E-state index < -0.39 is 6.10 Å². The van der Waals surface area contributed by atoms with Crippen LogP contribution in [-0.2, 0) is 11.2 Å². The van der Waals surface area contributed by atoms with Crippen LogP contribution in [0, 0.1) is 5.92 Å². The zero-order chi connectivity index (χ0) is 13.4. The maximum absolute atomic E-state index is 12.2. The summed E-state index contributed by atoms with van der Waals surface area (Å²) in [6.45, 7) is 0.488. The minimum atomic E-state index is -0.457. The molecule has 1 aromatic carbocycles. The van der Waals surface area contributed by atoms with Crippen LogP contribution in [0.2, 0.25) is 5.02 Å². The molecule has 0 aromatic heterocycles. The highest BCUT2D eigenvalue weighted by atomic mass is 35.5. The highest BCUT2D eigenvalue weighted by Gasteiger charge is 2.35. The van der Waals surface area contributed by atoms with Crippen LogP contribution in [0.4, 0.5) is 0 Å². The second-order valence-corrected chi connectivity index (χ2v) is 5.69. The van der Waals surface area contributed by atoms with Gasteiger partial charge in [-0.05, 0) is 42.5 Å². The van der Waals surface area contributed by atoms with Crippen LogP contribution < -0.4 is 15.8 Å². The van der Waals surface area contributed by atoms with Crippen LogP contribution in [0.1, 0.15) is 18.4 Å². The largest absolute Gasteiger partial charge is 0.480 e. The molecule has 110 valence electrons. The van der Waals surface area contributed by atoms with Gasteiger partial charge in [0.2, 0.25) is 0 Å². The zero-order valence-electron chi connectivity index (χ0n) is 11.0. The first-order valence-electron chi connectivity index (χ1n) is 6.63. The smallest absolute Gasteiger partial charge is 0.261 e. The second kappa shape index (κ2) is 6.20. The summed E-state index contributed by atoms with van der Waals surface area (Å²) in [5.41, 5.74) is 6.68. The van der Waals surface area contributed by atoms with Crippen molar-refractivity contribution < 1.29 is 9.53 Å². The molecule has 4 nitrogen and oxygen atoms in total. The van der Waals surface area contributed by atoms with Gasteiger partial charge in [0.25, 0.3) is 5.91 Å². The molecule has 0 spiro atoms. The third-order valence-corrected chi connectivity index (χ3v) is 4.00. The van der Waals surface area contributed by atoms with E-state index >= 15 is 0 Å². The lowest BCUT2D eigenvalue weighted by atomic mass is 10.1. The summed E-state index contributed by atoms with van der Waals surface area (Å²) in [6, 6.07) is 5.52. The first-order valence-corrected chi connectivity index (χ1v) is 7.00. The van der Waals surface area contributed by atoms with Gasteiger partial charge in [0.15, 0.2) is 6.10 Å². The average molecular weight is 317 g/mol. The monoisotopic (exact) mass is 316 g/mol. The molecule has 2 unspecified atom stereocenters. The van der Waals surface area contributed by atoms with Gasteiger partial charge >= 0.3 is 0 Å². The Bertz CT molecular complexity index is 506. The Balaban J connectivity index is 0.00000147. The Morgan fingerprint density at radius 1 is 1.50 bits per heavy atom. The van der Waals surface area contributed by atoms with Crippen LogP contribution in [0.5, 0.6) is 5.75 Å². The molecule has 1 heterocycles. The molecular formula is C14H18Cl2N2O2. The fourth-order valence-electron chi connectivity index (χ4n) is 2.51. The summed E-state index contributed by atoms with van der Waals surface area (Å²) in [4.78, 5) is 12.2. The molecule has 0 radical (unpaired) electrons. The molecular weight excluding hydrogens is 299 g/mol. The molecule has 1 aromatic rings. The Morgan fingerprint density at radius 3 is 2.90 bits per heavy atom. The van der Waals surface area contributed by atoms with Gasteiger partial charge in [-0.15, -0.1) is 12.4 Å². The summed E-state index contributed by atoms with van der Waals surface area (Å²) >= 11 is 5.93.